The van der Waals surface area contributed by atoms with Crippen LogP contribution in [0.2, 0.25) is 0 Å². The largest absolute Gasteiger partial charge is 0.423 e. The van der Waals surface area contributed by atoms with E-state index in [2.05, 4.69) is 4.72 Å². The van der Waals surface area contributed by atoms with Crippen molar-refractivity contribution in [3.05, 3.63) is 40.8 Å². The van der Waals surface area contributed by atoms with Crippen LogP contribution in [0.15, 0.2) is 44.4 Å². The number of piperidine rings is 1. The van der Waals surface area contributed by atoms with E-state index in [1.165, 1.54) is 34.6 Å². The third-order valence-electron chi connectivity index (χ3n) is 4.65. The lowest BCUT2D eigenvalue weighted by atomic mass is 10.1. The molecule has 1 N–H and O–H groups in total. The first-order chi connectivity index (χ1) is 12.7. The number of nitrogens with zero attached hydrogens (tertiary/aromatic N) is 1. The molecule has 0 radical (unpaired) electrons. The maximum absolute atomic E-state index is 12.5. The molecule has 0 aliphatic carbocycles. The van der Waals surface area contributed by atoms with E-state index >= 15 is 0 Å². The normalized spacial score (nSPS) is 19.4. The topological polar surface area (TPSA) is 114 Å². The summed E-state index contributed by atoms with van der Waals surface area (Å²) in [6.07, 6.45) is 2.64. The van der Waals surface area contributed by atoms with Gasteiger partial charge < -0.3 is 4.42 Å². The molecule has 2 heterocycles. The molecule has 0 saturated carbocycles. The maximum atomic E-state index is 12.5. The minimum Gasteiger partial charge on any atom is -0.423 e. The first-order valence-electron chi connectivity index (χ1n) is 8.72. The second-order valence-electron chi connectivity index (χ2n) is 6.62. The molecule has 2 aromatic rings. The molecule has 1 atom stereocenters. The molecular weight excluding hydrogens is 392 g/mol. The van der Waals surface area contributed by atoms with E-state index in [0.29, 0.717) is 11.9 Å². The molecule has 0 amide bonds. The van der Waals surface area contributed by atoms with Gasteiger partial charge in [-0.15, -0.1) is 0 Å². The van der Waals surface area contributed by atoms with Crippen LogP contribution in [0, 0.1) is 0 Å². The zero-order valence-corrected chi connectivity index (χ0v) is 16.6. The zero-order chi connectivity index (χ0) is 19.7. The lowest BCUT2D eigenvalue weighted by Gasteiger charge is -2.32. The number of hydrogen-bond acceptors (Lipinski definition) is 6. The summed E-state index contributed by atoms with van der Waals surface area (Å²) >= 11 is 0. The summed E-state index contributed by atoms with van der Waals surface area (Å²) in [6.45, 7) is 2.14. The van der Waals surface area contributed by atoms with Gasteiger partial charge in [0.2, 0.25) is 20.0 Å². The smallest absolute Gasteiger partial charge is 0.336 e. The third kappa shape index (κ3) is 4.57. The molecule has 1 aromatic heterocycles. The van der Waals surface area contributed by atoms with Crippen LogP contribution in [0.1, 0.15) is 26.2 Å². The highest BCUT2D eigenvalue weighted by Crippen LogP contribution is 2.20. The third-order valence-corrected chi connectivity index (χ3v) is 8.09. The SMILES string of the molecule is C[C@H]1CCCCN1S(=O)(=O)CCNS(=O)(=O)c1ccc2oc(=O)ccc2c1. The predicted octanol–water partition coefficient (Wildman–Crippen LogP) is 1.28. The van der Waals surface area contributed by atoms with Gasteiger partial charge in [0.05, 0.1) is 10.6 Å². The van der Waals surface area contributed by atoms with Crippen molar-refractivity contribution >= 4 is 31.0 Å². The Bertz CT molecular complexity index is 1090. The Labute approximate surface area is 158 Å². The molecule has 27 heavy (non-hydrogen) atoms. The molecule has 1 fully saturated rings. The van der Waals surface area contributed by atoms with Crippen LogP contribution in [0.4, 0.5) is 0 Å². The Morgan fingerprint density at radius 3 is 2.67 bits per heavy atom. The summed E-state index contributed by atoms with van der Waals surface area (Å²) in [5, 5.41) is 0.465. The Kier molecular flexibility index (Phi) is 5.71. The van der Waals surface area contributed by atoms with E-state index in [4.69, 9.17) is 4.42 Å². The molecule has 1 aliphatic heterocycles. The minimum absolute atomic E-state index is 0.0208. The molecule has 0 bridgehead atoms. The highest BCUT2D eigenvalue weighted by Gasteiger charge is 2.29. The van der Waals surface area contributed by atoms with Gasteiger partial charge in [-0.05, 0) is 44.0 Å². The number of fused-ring (bicyclic) bond motifs is 1. The average Bonchev–Trinajstić information content (AvgIpc) is 2.61. The van der Waals surface area contributed by atoms with Crippen molar-refractivity contribution in [1.29, 1.82) is 0 Å². The first kappa shape index (κ1) is 20.0. The van der Waals surface area contributed by atoms with E-state index in [1.807, 2.05) is 6.92 Å². The van der Waals surface area contributed by atoms with Gasteiger partial charge in [0.25, 0.3) is 0 Å². The fourth-order valence-corrected chi connectivity index (χ4v) is 6.06. The van der Waals surface area contributed by atoms with Crippen molar-refractivity contribution in [2.75, 3.05) is 18.8 Å². The summed E-state index contributed by atoms with van der Waals surface area (Å²) in [7, 11) is -7.40. The minimum atomic E-state index is -3.88. The second-order valence-corrected chi connectivity index (χ2v) is 10.4. The fourth-order valence-electron chi connectivity index (χ4n) is 3.21. The van der Waals surface area contributed by atoms with Crippen molar-refractivity contribution < 1.29 is 21.3 Å². The monoisotopic (exact) mass is 414 g/mol. The second kappa shape index (κ2) is 7.70. The molecule has 0 unspecified atom stereocenters. The molecule has 148 valence electrons. The van der Waals surface area contributed by atoms with Crippen LogP contribution in [0.3, 0.4) is 0 Å². The van der Waals surface area contributed by atoms with Crippen molar-refractivity contribution in [2.45, 2.75) is 37.1 Å². The molecule has 8 nitrogen and oxygen atoms in total. The summed E-state index contributed by atoms with van der Waals surface area (Å²) in [5.74, 6) is -0.293. The van der Waals surface area contributed by atoms with E-state index in [1.54, 1.807) is 0 Å². The van der Waals surface area contributed by atoms with Crippen LogP contribution in [0.25, 0.3) is 11.0 Å². The van der Waals surface area contributed by atoms with Crippen molar-refractivity contribution in [3.63, 3.8) is 0 Å². The predicted molar refractivity (Wildman–Crippen MR) is 101 cm³/mol. The van der Waals surface area contributed by atoms with Crippen LogP contribution in [-0.2, 0) is 20.0 Å². The Morgan fingerprint density at radius 2 is 1.93 bits per heavy atom. The zero-order valence-electron chi connectivity index (χ0n) is 14.9. The van der Waals surface area contributed by atoms with Gasteiger partial charge in [-0.25, -0.2) is 26.4 Å². The standard InChI is InChI=1S/C17H22N2O6S2/c1-13-4-2-3-10-19(13)26(21,22)11-9-18-27(23,24)15-6-7-16-14(12-15)5-8-17(20)25-16/h5-8,12-13,18H,2-4,9-11H2,1H3/t13-/m0/s1. The molecule has 10 heteroatoms. The summed E-state index contributed by atoms with van der Waals surface area (Å²) in [4.78, 5) is 11.2. The summed E-state index contributed by atoms with van der Waals surface area (Å²) in [5.41, 5.74) is -0.239. The molecular formula is C17H22N2O6S2. The van der Waals surface area contributed by atoms with E-state index in [0.717, 1.165) is 19.3 Å². The number of rotatable bonds is 6. The lowest BCUT2D eigenvalue weighted by Crippen LogP contribution is -2.45. The van der Waals surface area contributed by atoms with Crippen LogP contribution < -0.4 is 10.3 Å². The van der Waals surface area contributed by atoms with Gasteiger partial charge in [-0.3, -0.25) is 0 Å². The van der Waals surface area contributed by atoms with E-state index in [-0.39, 0.29) is 28.8 Å². The number of benzene rings is 1. The van der Waals surface area contributed by atoms with Gasteiger partial charge >= 0.3 is 5.63 Å². The van der Waals surface area contributed by atoms with Gasteiger partial charge in [0.15, 0.2) is 0 Å². The molecule has 1 aromatic carbocycles. The Balaban J connectivity index is 1.69. The van der Waals surface area contributed by atoms with Crippen LogP contribution in [0.5, 0.6) is 0 Å². The number of nitrogens with one attached hydrogen (secondary N) is 1. The highest BCUT2D eigenvalue weighted by molar-refractivity contribution is 7.90. The summed E-state index contributed by atoms with van der Waals surface area (Å²) in [6, 6.07) is 6.71. The van der Waals surface area contributed by atoms with Crippen molar-refractivity contribution in [2.24, 2.45) is 0 Å². The molecule has 1 aliphatic rings. The lowest BCUT2D eigenvalue weighted by molar-refractivity contribution is 0.269. The fraction of sp³-hybridized carbons (Fsp3) is 0.471. The highest BCUT2D eigenvalue weighted by atomic mass is 32.2. The summed E-state index contributed by atoms with van der Waals surface area (Å²) < 4.78 is 58.6. The number of sulfonamides is 2. The number of hydrogen-bond donors (Lipinski definition) is 1. The Hall–Kier alpha value is -1.75. The van der Waals surface area contributed by atoms with Gasteiger partial charge in [-0.2, -0.15) is 4.31 Å². The maximum Gasteiger partial charge on any atom is 0.336 e. The van der Waals surface area contributed by atoms with Crippen LogP contribution in [-0.4, -0.2) is 46.0 Å². The van der Waals surface area contributed by atoms with Gasteiger partial charge in [0, 0.05) is 30.6 Å². The van der Waals surface area contributed by atoms with Crippen molar-refractivity contribution in [1.82, 2.24) is 9.03 Å². The first-order valence-corrected chi connectivity index (χ1v) is 11.8. The van der Waals surface area contributed by atoms with E-state index in [9.17, 15) is 21.6 Å². The molecule has 0 spiro atoms. The molecule has 3 rings (SSSR count). The van der Waals surface area contributed by atoms with Gasteiger partial charge in [0.1, 0.15) is 5.58 Å². The van der Waals surface area contributed by atoms with Crippen LogP contribution >= 0.6 is 0 Å². The van der Waals surface area contributed by atoms with Gasteiger partial charge in [-0.1, -0.05) is 6.42 Å². The average molecular weight is 415 g/mol. The Morgan fingerprint density at radius 1 is 1.15 bits per heavy atom. The van der Waals surface area contributed by atoms with Crippen molar-refractivity contribution in [3.8, 4) is 0 Å². The molecule has 1 saturated heterocycles. The van der Waals surface area contributed by atoms with E-state index < -0.39 is 25.7 Å². The quantitative estimate of drug-likeness (QED) is 0.712.